The number of halogens is 1. The number of rotatable bonds is 6. The van der Waals surface area contributed by atoms with E-state index in [1.807, 2.05) is 12.1 Å². The predicted octanol–water partition coefficient (Wildman–Crippen LogP) is 2.10. The molecule has 174 valence electrons. The van der Waals surface area contributed by atoms with Crippen molar-refractivity contribution < 1.29 is 19.5 Å². The third kappa shape index (κ3) is 4.94. The van der Waals surface area contributed by atoms with Gasteiger partial charge in [0.1, 0.15) is 6.04 Å². The molecule has 4 rings (SSSR count). The first-order valence-corrected chi connectivity index (χ1v) is 12.0. The summed E-state index contributed by atoms with van der Waals surface area (Å²) in [6.07, 6.45) is 3.84. The van der Waals surface area contributed by atoms with E-state index in [2.05, 4.69) is 0 Å². The number of amides is 3. The molecular formula is C24H32ClN3O4. The normalized spacial score (nSPS) is 24.7. The number of β-amino-alcohol motifs (C(OH)–C–C–N with tert-alkyl or cyclic N) is 1. The SMILES string of the molecule is C[C@H]1C(=O)N(CCCC(=O)N2CCC3(CC3)[C@H](O)C2)CCN1C(=O)Cc1ccc(Cl)cc1. The fourth-order valence-corrected chi connectivity index (χ4v) is 5.06. The van der Waals surface area contributed by atoms with Gasteiger partial charge in [-0.2, -0.15) is 0 Å². The van der Waals surface area contributed by atoms with Crippen molar-refractivity contribution in [1.82, 2.24) is 14.7 Å². The van der Waals surface area contributed by atoms with Crippen LogP contribution in [0.5, 0.6) is 0 Å². The van der Waals surface area contributed by atoms with Gasteiger partial charge in [0, 0.05) is 44.2 Å². The lowest BCUT2D eigenvalue weighted by Gasteiger charge is -2.39. The van der Waals surface area contributed by atoms with Crippen molar-refractivity contribution in [3.63, 3.8) is 0 Å². The molecule has 2 saturated heterocycles. The van der Waals surface area contributed by atoms with E-state index in [1.165, 1.54) is 0 Å². The van der Waals surface area contributed by atoms with Gasteiger partial charge in [0.25, 0.3) is 0 Å². The van der Waals surface area contributed by atoms with Gasteiger partial charge < -0.3 is 19.8 Å². The van der Waals surface area contributed by atoms with Crippen molar-refractivity contribution in [2.24, 2.45) is 5.41 Å². The predicted molar refractivity (Wildman–Crippen MR) is 121 cm³/mol. The monoisotopic (exact) mass is 461 g/mol. The van der Waals surface area contributed by atoms with Crippen molar-refractivity contribution in [2.45, 2.75) is 57.6 Å². The van der Waals surface area contributed by atoms with Gasteiger partial charge in [-0.25, -0.2) is 0 Å². The van der Waals surface area contributed by atoms with E-state index in [0.29, 0.717) is 44.0 Å². The molecule has 32 heavy (non-hydrogen) atoms. The number of carbonyl (C=O) groups is 3. The van der Waals surface area contributed by atoms with Gasteiger partial charge in [-0.3, -0.25) is 14.4 Å². The van der Waals surface area contributed by atoms with Crippen molar-refractivity contribution in [3.05, 3.63) is 34.9 Å². The third-order valence-corrected chi connectivity index (χ3v) is 7.63. The standard InChI is InChI=1S/C24H32ClN3O4/c1-17-23(32)26(13-14-28(17)22(31)15-18-4-6-19(25)7-5-18)11-2-3-21(30)27-12-10-24(8-9-24)20(29)16-27/h4-7,17,20,29H,2-3,8-16H2,1H3/t17-,20+/m0/s1. The Morgan fingerprint density at radius 3 is 2.47 bits per heavy atom. The summed E-state index contributed by atoms with van der Waals surface area (Å²) >= 11 is 5.90. The molecule has 1 aromatic rings. The largest absolute Gasteiger partial charge is 0.391 e. The Morgan fingerprint density at radius 1 is 1.09 bits per heavy atom. The Morgan fingerprint density at radius 2 is 1.81 bits per heavy atom. The lowest BCUT2D eigenvalue weighted by molar-refractivity contribution is -0.150. The Kier molecular flexibility index (Phi) is 6.77. The number of piperidine rings is 1. The zero-order valence-electron chi connectivity index (χ0n) is 18.6. The minimum absolute atomic E-state index is 0.0526. The quantitative estimate of drug-likeness (QED) is 0.703. The highest BCUT2D eigenvalue weighted by Gasteiger charge is 2.51. The Labute approximate surface area is 194 Å². The van der Waals surface area contributed by atoms with Crippen LogP contribution in [0, 0.1) is 5.41 Å². The van der Waals surface area contributed by atoms with Crippen LogP contribution in [-0.4, -0.2) is 82.4 Å². The summed E-state index contributed by atoms with van der Waals surface area (Å²) in [5, 5.41) is 10.9. The minimum Gasteiger partial charge on any atom is -0.391 e. The molecule has 3 amide bonds. The van der Waals surface area contributed by atoms with E-state index in [0.717, 1.165) is 31.4 Å². The van der Waals surface area contributed by atoms with Crippen molar-refractivity contribution in [3.8, 4) is 0 Å². The number of likely N-dealkylation sites (tertiary alicyclic amines) is 1. The van der Waals surface area contributed by atoms with E-state index >= 15 is 0 Å². The van der Waals surface area contributed by atoms with Crippen LogP contribution in [0.15, 0.2) is 24.3 Å². The highest BCUT2D eigenvalue weighted by Crippen LogP contribution is 2.53. The van der Waals surface area contributed by atoms with Crippen LogP contribution in [0.1, 0.15) is 44.6 Å². The summed E-state index contributed by atoms with van der Waals surface area (Å²) in [5.41, 5.74) is 0.958. The van der Waals surface area contributed by atoms with Gasteiger partial charge in [0.05, 0.1) is 12.5 Å². The van der Waals surface area contributed by atoms with Crippen molar-refractivity contribution in [2.75, 3.05) is 32.7 Å². The van der Waals surface area contributed by atoms with Crippen LogP contribution in [0.2, 0.25) is 5.02 Å². The van der Waals surface area contributed by atoms with Crippen LogP contribution in [0.25, 0.3) is 0 Å². The molecule has 2 aliphatic heterocycles. The van der Waals surface area contributed by atoms with Gasteiger partial charge in [-0.1, -0.05) is 23.7 Å². The van der Waals surface area contributed by atoms with Crippen LogP contribution in [-0.2, 0) is 20.8 Å². The molecule has 7 nitrogen and oxygen atoms in total. The second kappa shape index (κ2) is 9.40. The molecule has 2 heterocycles. The number of carbonyl (C=O) groups excluding carboxylic acids is 3. The Balaban J connectivity index is 1.21. The summed E-state index contributed by atoms with van der Waals surface area (Å²) in [6, 6.07) is 6.66. The highest BCUT2D eigenvalue weighted by molar-refractivity contribution is 6.30. The van der Waals surface area contributed by atoms with E-state index in [-0.39, 0.29) is 29.6 Å². The molecular weight excluding hydrogens is 430 g/mol. The molecule has 1 spiro atoms. The molecule has 1 aliphatic carbocycles. The maximum atomic E-state index is 12.8. The van der Waals surface area contributed by atoms with Crippen molar-refractivity contribution in [1.29, 1.82) is 0 Å². The van der Waals surface area contributed by atoms with Crippen LogP contribution < -0.4 is 0 Å². The summed E-state index contributed by atoms with van der Waals surface area (Å²) < 4.78 is 0. The number of hydrogen-bond acceptors (Lipinski definition) is 4. The Bertz CT molecular complexity index is 871. The van der Waals surface area contributed by atoms with E-state index in [4.69, 9.17) is 11.6 Å². The average Bonchev–Trinajstić information content (AvgIpc) is 3.55. The number of piperazine rings is 1. The molecule has 1 aromatic carbocycles. The molecule has 0 aromatic heterocycles. The van der Waals surface area contributed by atoms with Crippen molar-refractivity contribution >= 4 is 29.3 Å². The molecule has 1 saturated carbocycles. The number of nitrogens with zero attached hydrogens (tertiary/aromatic N) is 3. The zero-order chi connectivity index (χ0) is 22.9. The maximum Gasteiger partial charge on any atom is 0.245 e. The summed E-state index contributed by atoms with van der Waals surface area (Å²) in [6.45, 7) is 4.41. The topological polar surface area (TPSA) is 81.2 Å². The molecule has 3 aliphatic rings. The molecule has 0 unspecified atom stereocenters. The van der Waals surface area contributed by atoms with Gasteiger partial charge in [-0.15, -0.1) is 0 Å². The summed E-state index contributed by atoms with van der Waals surface area (Å²) in [5.74, 6) is -0.0888. The second-order valence-electron chi connectivity index (χ2n) is 9.46. The Hall–Kier alpha value is -2.12. The molecule has 1 N–H and O–H groups in total. The number of hydrogen-bond donors (Lipinski definition) is 1. The number of benzene rings is 1. The average molecular weight is 462 g/mol. The zero-order valence-corrected chi connectivity index (χ0v) is 19.4. The first-order chi connectivity index (χ1) is 15.3. The fraction of sp³-hybridized carbons (Fsp3) is 0.625. The molecule has 8 heteroatoms. The molecule has 2 atom stereocenters. The van der Waals surface area contributed by atoms with Crippen LogP contribution in [0.3, 0.4) is 0 Å². The number of aliphatic hydroxyl groups is 1. The van der Waals surface area contributed by atoms with Crippen LogP contribution >= 0.6 is 11.6 Å². The smallest absolute Gasteiger partial charge is 0.245 e. The van der Waals surface area contributed by atoms with Gasteiger partial charge >= 0.3 is 0 Å². The lowest BCUT2D eigenvalue weighted by atomic mass is 9.90. The fourth-order valence-electron chi connectivity index (χ4n) is 4.94. The van der Waals surface area contributed by atoms with E-state index in [9.17, 15) is 19.5 Å². The second-order valence-corrected chi connectivity index (χ2v) is 9.90. The van der Waals surface area contributed by atoms with Gasteiger partial charge in [0.2, 0.25) is 17.7 Å². The summed E-state index contributed by atoms with van der Waals surface area (Å²) in [4.78, 5) is 43.3. The highest BCUT2D eigenvalue weighted by atomic mass is 35.5. The van der Waals surface area contributed by atoms with E-state index in [1.54, 1.807) is 33.8 Å². The first-order valence-electron chi connectivity index (χ1n) is 11.6. The van der Waals surface area contributed by atoms with Gasteiger partial charge in [0.15, 0.2) is 0 Å². The maximum absolute atomic E-state index is 12.8. The minimum atomic E-state index is -0.508. The molecule has 0 bridgehead atoms. The lowest BCUT2D eigenvalue weighted by Crippen LogP contribution is -2.58. The number of aliphatic hydroxyl groups excluding tert-OH is 1. The van der Waals surface area contributed by atoms with E-state index < -0.39 is 12.1 Å². The van der Waals surface area contributed by atoms with Crippen LogP contribution in [0.4, 0.5) is 0 Å². The summed E-state index contributed by atoms with van der Waals surface area (Å²) in [7, 11) is 0. The third-order valence-electron chi connectivity index (χ3n) is 7.38. The first kappa shape index (κ1) is 23.1. The molecule has 3 fully saturated rings. The molecule has 0 radical (unpaired) electrons. The van der Waals surface area contributed by atoms with Gasteiger partial charge in [-0.05, 0) is 55.7 Å².